The fraction of sp³-hybridized carbons (Fsp3) is 0.278. The Labute approximate surface area is 130 Å². The summed E-state index contributed by atoms with van der Waals surface area (Å²) in [5.41, 5.74) is 3.10. The Kier molecular flexibility index (Phi) is 4.50. The van der Waals surface area contributed by atoms with Gasteiger partial charge in [-0.1, -0.05) is 24.3 Å². The number of anilines is 1. The van der Waals surface area contributed by atoms with E-state index in [4.69, 9.17) is 0 Å². The van der Waals surface area contributed by atoms with E-state index >= 15 is 0 Å². The standard InChI is InChI=1S/C18H21FN2O/c1-12-5-6-13(2)16(11-12)20-17(22)21-18(3,4)14-7-9-15(19)10-8-14/h5-11H,1-4H3,(H2,20,21,22). The number of rotatable bonds is 3. The second-order valence-corrected chi connectivity index (χ2v) is 6.03. The maximum absolute atomic E-state index is 13.0. The summed E-state index contributed by atoms with van der Waals surface area (Å²) in [5, 5.41) is 5.78. The highest BCUT2D eigenvalue weighted by Crippen LogP contribution is 2.21. The molecular weight excluding hydrogens is 279 g/mol. The van der Waals surface area contributed by atoms with Crippen LogP contribution in [0.5, 0.6) is 0 Å². The number of hydrogen-bond donors (Lipinski definition) is 2. The van der Waals surface area contributed by atoms with E-state index < -0.39 is 5.54 Å². The molecule has 2 aromatic rings. The van der Waals surface area contributed by atoms with Crippen molar-refractivity contribution >= 4 is 11.7 Å². The maximum atomic E-state index is 13.0. The van der Waals surface area contributed by atoms with Crippen LogP contribution in [0.2, 0.25) is 0 Å². The average Bonchev–Trinajstić information content (AvgIpc) is 2.42. The highest BCUT2D eigenvalue weighted by atomic mass is 19.1. The molecule has 0 aliphatic heterocycles. The monoisotopic (exact) mass is 300 g/mol. The largest absolute Gasteiger partial charge is 0.329 e. The summed E-state index contributed by atoms with van der Waals surface area (Å²) in [6.45, 7) is 7.68. The first-order valence-corrected chi connectivity index (χ1v) is 7.20. The summed E-state index contributed by atoms with van der Waals surface area (Å²) >= 11 is 0. The van der Waals surface area contributed by atoms with E-state index in [2.05, 4.69) is 10.6 Å². The average molecular weight is 300 g/mol. The molecule has 116 valence electrons. The summed E-state index contributed by atoms with van der Waals surface area (Å²) in [6.07, 6.45) is 0. The Balaban J connectivity index is 2.10. The summed E-state index contributed by atoms with van der Waals surface area (Å²) in [6, 6.07) is 11.7. The van der Waals surface area contributed by atoms with E-state index in [1.807, 2.05) is 45.9 Å². The molecule has 0 radical (unpaired) electrons. The number of urea groups is 1. The summed E-state index contributed by atoms with van der Waals surface area (Å²) in [5.74, 6) is -0.292. The number of aryl methyl sites for hydroxylation is 2. The first kappa shape index (κ1) is 16.0. The molecule has 0 aromatic heterocycles. The third-order valence-electron chi connectivity index (χ3n) is 3.63. The SMILES string of the molecule is Cc1ccc(C)c(NC(=O)NC(C)(C)c2ccc(F)cc2)c1. The van der Waals surface area contributed by atoms with Gasteiger partial charge in [-0.3, -0.25) is 0 Å². The zero-order chi connectivity index (χ0) is 16.3. The molecule has 0 unspecified atom stereocenters. The topological polar surface area (TPSA) is 41.1 Å². The Bertz CT molecular complexity index is 678. The lowest BCUT2D eigenvalue weighted by Gasteiger charge is -2.27. The van der Waals surface area contributed by atoms with Crippen LogP contribution in [0.1, 0.15) is 30.5 Å². The molecular formula is C18H21FN2O. The minimum Gasteiger partial charge on any atom is -0.329 e. The molecule has 0 aliphatic carbocycles. The van der Waals surface area contributed by atoms with E-state index in [1.165, 1.54) is 12.1 Å². The maximum Gasteiger partial charge on any atom is 0.319 e. The van der Waals surface area contributed by atoms with Crippen molar-refractivity contribution in [2.24, 2.45) is 0 Å². The Morgan fingerprint density at radius 2 is 1.68 bits per heavy atom. The minimum atomic E-state index is -0.602. The molecule has 2 rings (SSSR count). The number of halogens is 1. The smallest absolute Gasteiger partial charge is 0.319 e. The first-order valence-electron chi connectivity index (χ1n) is 7.20. The molecule has 2 N–H and O–H groups in total. The van der Waals surface area contributed by atoms with Crippen molar-refractivity contribution in [3.05, 3.63) is 65.0 Å². The van der Waals surface area contributed by atoms with Crippen molar-refractivity contribution < 1.29 is 9.18 Å². The molecule has 0 fully saturated rings. The van der Waals surface area contributed by atoms with E-state index in [1.54, 1.807) is 12.1 Å². The Hall–Kier alpha value is -2.36. The molecule has 0 atom stereocenters. The fourth-order valence-electron chi connectivity index (χ4n) is 2.25. The van der Waals surface area contributed by atoms with Crippen molar-refractivity contribution in [1.82, 2.24) is 5.32 Å². The number of amides is 2. The lowest BCUT2D eigenvalue weighted by molar-refractivity contribution is 0.242. The number of carbonyl (C=O) groups is 1. The van der Waals surface area contributed by atoms with Gasteiger partial charge in [0, 0.05) is 5.69 Å². The van der Waals surface area contributed by atoms with Crippen LogP contribution in [0.4, 0.5) is 14.9 Å². The van der Waals surface area contributed by atoms with E-state index in [0.717, 1.165) is 22.4 Å². The van der Waals surface area contributed by atoms with Crippen molar-refractivity contribution in [3.63, 3.8) is 0 Å². The van der Waals surface area contributed by atoms with Gasteiger partial charge in [-0.25, -0.2) is 9.18 Å². The summed E-state index contributed by atoms with van der Waals surface area (Å²) in [7, 11) is 0. The van der Waals surface area contributed by atoms with Crippen molar-refractivity contribution in [2.45, 2.75) is 33.2 Å². The minimum absolute atomic E-state index is 0.289. The molecule has 4 heteroatoms. The van der Waals surface area contributed by atoms with E-state index in [0.29, 0.717) is 0 Å². The van der Waals surface area contributed by atoms with Crippen LogP contribution in [0.25, 0.3) is 0 Å². The number of carbonyl (C=O) groups excluding carboxylic acids is 1. The van der Waals surface area contributed by atoms with E-state index in [9.17, 15) is 9.18 Å². The van der Waals surface area contributed by atoms with Gasteiger partial charge in [-0.2, -0.15) is 0 Å². The zero-order valence-corrected chi connectivity index (χ0v) is 13.3. The molecule has 0 saturated carbocycles. The van der Waals surface area contributed by atoms with Crippen LogP contribution < -0.4 is 10.6 Å². The zero-order valence-electron chi connectivity index (χ0n) is 13.3. The van der Waals surface area contributed by atoms with Crippen LogP contribution in [0, 0.1) is 19.7 Å². The van der Waals surface area contributed by atoms with Crippen molar-refractivity contribution in [2.75, 3.05) is 5.32 Å². The fourth-order valence-corrected chi connectivity index (χ4v) is 2.25. The van der Waals surface area contributed by atoms with Crippen molar-refractivity contribution in [1.29, 1.82) is 0 Å². The molecule has 0 spiro atoms. The summed E-state index contributed by atoms with van der Waals surface area (Å²) in [4.78, 5) is 12.2. The highest BCUT2D eigenvalue weighted by Gasteiger charge is 2.23. The van der Waals surface area contributed by atoms with Gasteiger partial charge in [0.15, 0.2) is 0 Å². The second kappa shape index (κ2) is 6.18. The number of benzene rings is 2. The molecule has 0 aliphatic rings. The second-order valence-electron chi connectivity index (χ2n) is 6.03. The lowest BCUT2D eigenvalue weighted by atomic mass is 9.94. The van der Waals surface area contributed by atoms with Gasteiger partial charge in [-0.15, -0.1) is 0 Å². The van der Waals surface area contributed by atoms with Crippen LogP contribution in [-0.4, -0.2) is 6.03 Å². The van der Waals surface area contributed by atoms with Gasteiger partial charge in [0.05, 0.1) is 5.54 Å². The predicted molar refractivity (Wildman–Crippen MR) is 87.5 cm³/mol. The highest BCUT2D eigenvalue weighted by molar-refractivity contribution is 5.90. The van der Waals surface area contributed by atoms with E-state index in [-0.39, 0.29) is 11.8 Å². The third kappa shape index (κ3) is 3.85. The summed E-state index contributed by atoms with van der Waals surface area (Å²) < 4.78 is 13.0. The third-order valence-corrected chi connectivity index (χ3v) is 3.63. The Morgan fingerprint density at radius 3 is 2.32 bits per heavy atom. The molecule has 0 bridgehead atoms. The molecule has 0 saturated heterocycles. The molecule has 22 heavy (non-hydrogen) atoms. The normalized spacial score (nSPS) is 11.1. The van der Waals surface area contributed by atoms with Crippen molar-refractivity contribution in [3.8, 4) is 0 Å². The van der Waals surface area contributed by atoms with Gasteiger partial charge in [-0.05, 0) is 62.6 Å². The van der Waals surface area contributed by atoms with Crippen LogP contribution in [0.15, 0.2) is 42.5 Å². The van der Waals surface area contributed by atoms with Gasteiger partial charge in [0.1, 0.15) is 5.82 Å². The van der Waals surface area contributed by atoms with Crippen LogP contribution in [0.3, 0.4) is 0 Å². The quantitative estimate of drug-likeness (QED) is 0.861. The van der Waals surface area contributed by atoms with Crippen LogP contribution >= 0.6 is 0 Å². The van der Waals surface area contributed by atoms with Gasteiger partial charge < -0.3 is 10.6 Å². The van der Waals surface area contributed by atoms with Crippen LogP contribution in [-0.2, 0) is 5.54 Å². The van der Waals surface area contributed by atoms with Gasteiger partial charge in [0.25, 0.3) is 0 Å². The van der Waals surface area contributed by atoms with Gasteiger partial charge >= 0.3 is 6.03 Å². The first-order chi connectivity index (χ1) is 10.3. The molecule has 2 aromatic carbocycles. The number of hydrogen-bond acceptors (Lipinski definition) is 1. The molecule has 3 nitrogen and oxygen atoms in total. The van der Waals surface area contributed by atoms with Gasteiger partial charge in [0.2, 0.25) is 0 Å². The molecule has 0 heterocycles. The number of nitrogens with one attached hydrogen (secondary N) is 2. The molecule has 2 amide bonds. The Morgan fingerprint density at radius 1 is 1.05 bits per heavy atom. The lowest BCUT2D eigenvalue weighted by Crippen LogP contribution is -2.43. The predicted octanol–water partition coefficient (Wildman–Crippen LogP) is 4.50.